The third-order valence-electron chi connectivity index (χ3n) is 5.74. The number of pyridine rings is 1. The second kappa shape index (κ2) is 8.01. The summed E-state index contributed by atoms with van der Waals surface area (Å²) in [7, 11) is -3.54. The summed E-state index contributed by atoms with van der Waals surface area (Å²) in [6, 6.07) is 11.5. The van der Waals surface area contributed by atoms with Crippen LogP contribution in [0.2, 0.25) is 0 Å². The van der Waals surface area contributed by atoms with Gasteiger partial charge in [-0.1, -0.05) is 24.3 Å². The molecule has 6 nitrogen and oxygen atoms in total. The van der Waals surface area contributed by atoms with Gasteiger partial charge in [-0.15, -0.1) is 0 Å². The molecule has 1 saturated heterocycles. The largest absolute Gasteiger partial charge is 0.338 e. The molecule has 148 valence electrons. The summed E-state index contributed by atoms with van der Waals surface area (Å²) in [4.78, 5) is 19.2. The first-order chi connectivity index (χ1) is 13.6. The van der Waals surface area contributed by atoms with Crippen LogP contribution in [0.5, 0.6) is 0 Å². The van der Waals surface area contributed by atoms with Crippen molar-refractivity contribution >= 4 is 15.9 Å². The number of aromatic nitrogens is 1. The monoisotopic (exact) mass is 399 g/mol. The molecule has 0 atom stereocenters. The number of piperidine rings is 1. The standard InChI is InChI=1S/C21H25N3O3S/c25-21(23-12-4-7-17-5-1-2-6-19(17)16-23)18-9-13-24(14-10-18)28(26,27)20-8-3-11-22-15-20/h1-3,5-6,8,11,15,18H,4,7,9-10,12-14,16H2. The van der Waals surface area contributed by atoms with Gasteiger partial charge < -0.3 is 4.90 Å². The summed E-state index contributed by atoms with van der Waals surface area (Å²) in [6.07, 6.45) is 6.04. The lowest BCUT2D eigenvalue weighted by molar-refractivity contribution is -0.137. The fourth-order valence-electron chi connectivity index (χ4n) is 4.14. The van der Waals surface area contributed by atoms with Gasteiger partial charge in [0.2, 0.25) is 15.9 Å². The predicted molar refractivity (Wildman–Crippen MR) is 106 cm³/mol. The molecule has 0 radical (unpaired) electrons. The smallest absolute Gasteiger partial charge is 0.244 e. The maximum atomic E-state index is 13.1. The van der Waals surface area contributed by atoms with E-state index in [2.05, 4.69) is 23.2 Å². The van der Waals surface area contributed by atoms with E-state index >= 15 is 0 Å². The summed E-state index contributed by atoms with van der Waals surface area (Å²) < 4.78 is 27.0. The van der Waals surface area contributed by atoms with Crippen molar-refractivity contribution in [1.29, 1.82) is 0 Å². The number of rotatable bonds is 3. The number of carbonyl (C=O) groups is 1. The minimum Gasteiger partial charge on any atom is -0.338 e. The van der Waals surface area contributed by atoms with Crippen LogP contribution in [-0.2, 0) is 27.8 Å². The summed E-state index contributed by atoms with van der Waals surface area (Å²) >= 11 is 0. The van der Waals surface area contributed by atoms with Gasteiger partial charge in [0.1, 0.15) is 4.90 Å². The van der Waals surface area contributed by atoms with Gasteiger partial charge in [0.15, 0.2) is 0 Å². The Morgan fingerprint density at radius 3 is 2.46 bits per heavy atom. The van der Waals surface area contributed by atoms with Crippen molar-refractivity contribution in [2.24, 2.45) is 5.92 Å². The van der Waals surface area contributed by atoms with Gasteiger partial charge >= 0.3 is 0 Å². The number of hydrogen-bond donors (Lipinski definition) is 0. The van der Waals surface area contributed by atoms with Crippen LogP contribution in [0, 0.1) is 5.92 Å². The number of amides is 1. The molecule has 28 heavy (non-hydrogen) atoms. The molecule has 3 heterocycles. The van der Waals surface area contributed by atoms with Crippen molar-refractivity contribution in [2.75, 3.05) is 19.6 Å². The van der Waals surface area contributed by atoms with Crippen LogP contribution >= 0.6 is 0 Å². The zero-order valence-electron chi connectivity index (χ0n) is 15.8. The molecule has 0 spiro atoms. The highest BCUT2D eigenvalue weighted by molar-refractivity contribution is 7.89. The van der Waals surface area contributed by atoms with Gasteiger partial charge in [-0.2, -0.15) is 4.31 Å². The Labute approximate surface area is 166 Å². The van der Waals surface area contributed by atoms with Gasteiger partial charge in [-0.3, -0.25) is 9.78 Å². The zero-order valence-corrected chi connectivity index (χ0v) is 16.6. The first-order valence-corrected chi connectivity index (χ1v) is 11.3. The average molecular weight is 400 g/mol. The molecule has 7 heteroatoms. The highest BCUT2D eigenvalue weighted by Gasteiger charge is 2.34. The molecule has 1 amide bonds. The van der Waals surface area contributed by atoms with E-state index in [9.17, 15) is 13.2 Å². The summed E-state index contributed by atoms with van der Waals surface area (Å²) in [5.74, 6) is 0.0562. The van der Waals surface area contributed by atoms with Crippen molar-refractivity contribution < 1.29 is 13.2 Å². The Kier molecular flexibility index (Phi) is 5.46. The Bertz CT molecular complexity index is 938. The molecule has 2 aliphatic rings. The lowest BCUT2D eigenvalue weighted by Crippen LogP contribution is -2.44. The van der Waals surface area contributed by atoms with Crippen molar-refractivity contribution in [2.45, 2.75) is 37.1 Å². The number of benzene rings is 1. The van der Waals surface area contributed by atoms with E-state index in [0.29, 0.717) is 32.5 Å². The number of fused-ring (bicyclic) bond motifs is 1. The van der Waals surface area contributed by atoms with Crippen LogP contribution in [0.4, 0.5) is 0 Å². The SMILES string of the molecule is O=C(C1CCN(S(=O)(=O)c2cccnc2)CC1)N1CCCc2ccccc2C1. The number of hydrogen-bond acceptors (Lipinski definition) is 4. The molecule has 4 rings (SSSR count). The fraction of sp³-hybridized carbons (Fsp3) is 0.429. The molecule has 2 aliphatic heterocycles. The Morgan fingerprint density at radius 2 is 1.75 bits per heavy atom. The van der Waals surface area contributed by atoms with Crippen LogP contribution in [0.25, 0.3) is 0 Å². The van der Waals surface area contributed by atoms with Crippen molar-refractivity contribution in [3.8, 4) is 0 Å². The van der Waals surface area contributed by atoms with Crippen LogP contribution < -0.4 is 0 Å². The van der Waals surface area contributed by atoms with E-state index in [0.717, 1.165) is 19.4 Å². The molecule has 2 aromatic rings. The van der Waals surface area contributed by atoms with Crippen molar-refractivity contribution in [3.63, 3.8) is 0 Å². The third-order valence-corrected chi connectivity index (χ3v) is 7.62. The number of aryl methyl sites for hydroxylation is 1. The summed E-state index contributed by atoms with van der Waals surface area (Å²) in [5.41, 5.74) is 2.56. The Hall–Kier alpha value is -2.25. The van der Waals surface area contributed by atoms with E-state index in [1.54, 1.807) is 18.3 Å². The van der Waals surface area contributed by atoms with Gasteiger partial charge in [0.25, 0.3) is 0 Å². The summed E-state index contributed by atoms with van der Waals surface area (Å²) in [5, 5.41) is 0. The molecular formula is C21H25N3O3S. The van der Waals surface area contributed by atoms with Crippen LogP contribution in [-0.4, -0.2) is 48.1 Å². The molecule has 0 unspecified atom stereocenters. The first-order valence-electron chi connectivity index (χ1n) is 9.81. The van der Waals surface area contributed by atoms with E-state index < -0.39 is 10.0 Å². The van der Waals surface area contributed by atoms with Crippen LogP contribution in [0.1, 0.15) is 30.4 Å². The maximum Gasteiger partial charge on any atom is 0.244 e. The number of sulfonamides is 1. The normalized spacial score (nSPS) is 19.1. The van der Waals surface area contributed by atoms with Crippen LogP contribution in [0.15, 0.2) is 53.7 Å². The fourth-order valence-corrected chi connectivity index (χ4v) is 5.57. The Balaban J connectivity index is 1.41. The molecule has 1 aromatic heterocycles. The molecular weight excluding hydrogens is 374 g/mol. The highest BCUT2D eigenvalue weighted by atomic mass is 32.2. The Morgan fingerprint density at radius 1 is 1.00 bits per heavy atom. The van der Waals surface area contributed by atoms with Gasteiger partial charge in [-0.05, 0) is 48.9 Å². The lowest BCUT2D eigenvalue weighted by atomic mass is 9.96. The summed E-state index contributed by atoms with van der Waals surface area (Å²) in [6.45, 7) is 2.17. The minimum atomic E-state index is -3.54. The second-order valence-corrected chi connectivity index (χ2v) is 9.44. The van der Waals surface area contributed by atoms with Gasteiger partial charge in [0, 0.05) is 44.5 Å². The van der Waals surface area contributed by atoms with E-state index in [-0.39, 0.29) is 16.7 Å². The molecule has 0 N–H and O–H groups in total. The molecule has 0 saturated carbocycles. The van der Waals surface area contributed by atoms with E-state index in [1.165, 1.54) is 21.6 Å². The van der Waals surface area contributed by atoms with Gasteiger partial charge in [0.05, 0.1) is 0 Å². The first kappa shape index (κ1) is 19.1. The lowest BCUT2D eigenvalue weighted by Gasteiger charge is -2.33. The zero-order chi connectivity index (χ0) is 19.6. The second-order valence-electron chi connectivity index (χ2n) is 7.50. The van der Waals surface area contributed by atoms with Crippen molar-refractivity contribution in [3.05, 3.63) is 59.9 Å². The highest BCUT2D eigenvalue weighted by Crippen LogP contribution is 2.27. The number of carbonyl (C=O) groups excluding carboxylic acids is 1. The predicted octanol–water partition coefficient (Wildman–Crippen LogP) is 2.46. The van der Waals surface area contributed by atoms with Crippen molar-refractivity contribution in [1.82, 2.24) is 14.2 Å². The number of nitrogens with zero attached hydrogens (tertiary/aromatic N) is 3. The average Bonchev–Trinajstić information content (AvgIpc) is 2.96. The minimum absolute atomic E-state index is 0.106. The van der Waals surface area contributed by atoms with E-state index in [1.807, 2.05) is 11.0 Å². The van der Waals surface area contributed by atoms with Crippen LogP contribution in [0.3, 0.4) is 0 Å². The topological polar surface area (TPSA) is 70.6 Å². The molecule has 0 bridgehead atoms. The maximum absolute atomic E-state index is 13.1. The van der Waals surface area contributed by atoms with Gasteiger partial charge in [-0.25, -0.2) is 8.42 Å². The third kappa shape index (κ3) is 3.82. The molecule has 1 aromatic carbocycles. The quantitative estimate of drug-likeness (QED) is 0.795. The molecule has 0 aliphatic carbocycles. The van der Waals surface area contributed by atoms with E-state index in [4.69, 9.17) is 0 Å². The molecule has 1 fully saturated rings.